The Labute approximate surface area is 161 Å². The molecule has 0 aliphatic heterocycles. The first-order valence-electron chi connectivity index (χ1n) is 9.25. The van der Waals surface area contributed by atoms with Crippen molar-refractivity contribution in [1.82, 2.24) is 4.72 Å². The molecule has 0 bridgehead atoms. The Balaban J connectivity index is 1.68. The lowest BCUT2D eigenvalue weighted by atomic mass is 9.92. The fourth-order valence-electron chi connectivity index (χ4n) is 3.68. The fraction of sp³-hybridized carbons (Fsp3) is 0.381. The number of hydrogen-bond acceptors (Lipinski definition) is 3. The zero-order chi connectivity index (χ0) is 19.6. The van der Waals surface area contributed by atoms with Crippen LogP contribution in [-0.2, 0) is 27.7 Å². The summed E-state index contributed by atoms with van der Waals surface area (Å²) in [6, 6.07) is 9.23. The quantitative estimate of drug-likeness (QED) is 0.827. The number of carbonyl (C=O) groups is 1. The van der Waals surface area contributed by atoms with Gasteiger partial charge in [-0.25, -0.2) is 13.1 Å². The number of carbonyl (C=O) groups excluding carboxylic acids is 1. The Bertz CT molecular complexity index is 958. The summed E-state index contributed by atoms with van der Waals surface area (Å²) in [4.78, 5) is 12.5. The van der Waals surface area contributed by atoms with Crippen LogP contribution in [0.1, 0.15) is 40.7 Å². The lowest BCUT2D eigenvalue weighted by Gasteiger charge is -2.17. The van der Waals surface area contributed by atoms with Crippen LogP contribution in [0.5, 0.6) is 0 Å². The molecule has 0 saturated heterocycles. The number of sulfonamides is 1. The van der Waals surface area contributed by atoms with Crippen LogP contribution >= 0.6 is 0 Å². The minimum absolute atomic E-state index is 0.221. The highest BCUT2D eigenvalue weighted by molar-refractivity contribution is 7.89. The van der Waals surface area contributed by atoms with Crippen LogP contribution in [0.4, 0.5) is 5.69 Å². The minimum atomic E-state index is -3.72. The number of hydrogen-bond donors (Lipinski definition) is 2. The predicted octanol–water partition coefficient (Wildman–Crippen LogP) is 3.41. The highest BCUT2D eigenvalue weighted by Crippen LogP contribution is 2.24. The van der Waals surface area contributed by atoms with Gasteiger partial charge in [0.15, 0.2) is 0 Å². The molecule has 0 fully saturated rings. The number of benzene rings is 2. The van der Waals surface area contributed by atoms with Crippen molar-refractivity contribution in [2.24, 2.45) is 0 Å². The molecule has 0 radical (unpaired) electrons. The molecule has 2 aromatic carbocycles. The van der Waals surface area contributed by atoms with E-state index in [4.69, 9.17) is 0 Å². The largest absolute Gasteiger partial charge is 0.324 e. The summed E-state index contributed by atoms with van der Waals surface area (Å²) >= 11 is 0. The van der Waals surface area contributed by atoms with Gasteiger partial charge in [-0.05, 0) is 80.8 Å². The maximum absolute atomic E-state index is 12.6. The first kappa shape index (κ1) is 19.6. The van der Waals surface area contributed by atoms with Crippen LogP contribution in [0.25, 0.3) is 0 Å². The van der Waals surface area contributed by atoms with E-state index in [1.54, 1.807) is 12.1 Å². The summed E-state index contributed by atoms with van der Waals surface area (Å²) in [5, 5.41) is 2.81. The second-order valence-electron chi connectivity index (χ2n) is 7.28. The number of fused-ring (bicyclic) bond motifs is 1. The molecule has 144 valence electrons. The first-order valence-corrected chi connectivity index (χ1v) is 10.7. The normalized spacial score (nSPS) is 13.9. The molecular formula is C21H26N2O3S. The number of amides is 1. The maximum Gasteiger partial charge on any atom is 0.241 e. The van der Waals surface area contributed by atoms with E-state index >= 15 is 0 Å². The van der Waals surface area contributed by atoms with Gasteiger partial charge in [0.2, 0.25) is 15.9 Å². The van der Waals surface area contributed by atoms with Gasteiger partial charge < -0.3 is 5.32 Å². The highest BCUT2D eigenvalue weighted by Gasteiger charge is 2.19. The Morgan fingerprint density at radius 2 is 1.59 bits per heavy atom. The second-order valence-corrected chi connectivity index (χ2v) is 9.05. The first-order chi connectivity index (χ1) is 12.8. The molecule has 5 nitrogen and oxygen atoms in total. The molecule has 1 amide bonds. The van der Waals surface area contributed by atoms with Gasteiger partial charge in [-0.1, -0.05) is 23.8 Å². The summed E-state index contributed by atoms with van der Waals surface area (Å²) in [5.74, 6) is -0.383. The van der Waals surface area contributed by atoms with E-state index in [1.165, 1.54) is 5.56 Å². The van der Waals surface area contributed by atoms with Crippen molar-refractivity contribution < 1.29 is 13.2 Å². The Hall–Kier alpha value is -2.18. The molecule has 2 aromatic rings. The smallest absolute Gasteiger partial charge is 0.241 e. The van der Waals surface area contributed by atoms with Gasteiger partial charge in [0, 0.05) is 5.69 Å². The molecule has 3 rings (SSSR count). The minimum Gasteiger partial charge on any atom is -0.324 e. The number of anilines is 1. The Morgan fingerprint density at radius 3 is 2.26 bits per heavy atom. The summed E-state index contributed by atoms with van der Waals surface area (Å²) in [7, 11) is -3.72. The van der Waals surface area contributed by atoms with E-state index in [1.807, 2.05) is 39.0 Å². The van der Waals surface area contributed by atoms with Crippen LogP contribution in [0.2, 0.25) is 0 Å². The third-order valence-electron chi connectivity index (χ3n) is 4.99. The molecule has 1 aliphatic rings. The van der Waals surface area contributed by atoms with Gasteiger partial charge in [0.25, 0.3) is 0 Å². The summed E-state index contributed by atoms with van der Waals surface area (Å²) in [6.07, 6.45) is 4.14. The Morgan fingerprint density at radius 1 is 0.963 bits per heavy atom. The van der Waals surface area contributed by atoms with Gasteiger partial charge >= 0.3 is 0 Å². The molecule has 1 aliphatic carbocycles. The van der Waals surface area contributed by atoms with Crippen molar-refractivity contribution in [3.8, 4) is 0 Å². The van der Waals surface area contributed by atoms with Crippen LogP contribution in [0, 0.1) is 20.8 Å². The van der Waals surface area contributed by atoms with Gasteiger partial charge in [0.05, 0.1) is 11.4 Å². The summed E-state index contributed by atoms with van der Waals surface area (Å²) in [6.45, 7) is 5.55. The zero-order valence-electron chi connectivity index (χ0n) is 16.1. The predicted molar refractivity (Wildman–Crippen MR) is 108 cm³/mol. The van der Waals surface area contributed by atoms with Crippen molar-refractivity contribution in [3.05, 3.63) is 58.1 Å². The van der Waals surface area contributed by atoms with Crippen molar-refractivity contribution in [2.75, 3.05) is 11.9 Å². The highest BCUT2D eigenvalue weighted by atomic mass is 32.2. The number of nitrogens with one attached hydrogen (secondary N) is 2. The molecule has 0 spiro atoms. The van der Waals surface area contributed by atoms with Crippen molar-refractivity contribution >= 4 is 21.6 Å². The van der Waals surface area contributed by atoms with Gasteiger partial charge in [-0.2, -0.15) is 0 Å². The molecule has 0 unspecified atom stereocenters. The van der Waals surface area contributed by atoms with E-state index in [-0.39, 0.29) is 17.3 Å². The standard InChI is InChI=1S/C21H26N2O3S/c1-14-10-15(2)21(16(3)11-14)23-20(24)13-22-27(25,26)19-9-8-17-6-4-5-7-18(17)12-19/h8-12,22H,4-7,13H2,1-3H3,(H,23,24). The molecule has 0 aromatic heterocycles. The molecule has 0 atom stereocenters. The van der Waals surface area contributed by atoms with Crippen molar-refractivity contribution in [3.63, 3.8) is 0 Å². The van der Waals surface area contributed by atoms with Crippen molar-refractivity contribution in [1.29, 1.82) is 0 Å². The van der Waals surface area contributed by atoms with Crippen LogP contribution in [0.3, 0.4) is 0 Å². The molecule has 0 heterocycles. The second kappa shape index (κ2) is 7.82. The lowest BCUT2D eigenvalue weighted by molar-refractivity contribution is -0.115. The number of rotatable bonds is 5. The molecule has 27 heavy (non-hydrogen) atoms. The van der Waals surface area contributed by atoms with Crippen molar-refractivity contribution in [2.45, 2.75) is 51.3 Å². The third-order valence-corrected chi connectivity index (χ3v) is 6.39. The fourth-order valence-corrected chi connectivity index (χ4v) is 4.71. The molecular weight excluding hydrogens is 360 g/mol. The van der Waals surface area contributed by atoms with Gasteiger partial charge in [-0.3, -0.25) is 4.79 Å². The number of aryl methyl sites for hydroxylation is 5. The molecule has 6 heteroatoms. The van der Waals surface area contributed by atoms with E-state index in [0.717, 1.165) is 53.6 Å². The lowest BCUT2D eigenvalue weighted by Crippen LogP contribution is -2.33. The van der Waals surface area contributed by atoms with Crippen LogP contribution in [0.15, 0.2) is 35.2 Å². The van der Waals surface area contributed by atoms with Gasteiger partial charge in [0.1, 0.15) is 0 Å². The Kier molecular flexibility index (Phi) is 5.67. The van der Waals surface area contributed by atoms with E-state index < -0.39 is 10.0 Å². The topological polar surface area (TPSA) is 75.3 Å². The SMILES string of the molecule is Cc1cc(C)c(NC(=O)CNS(=O)(=O)c2ccc3c(c2)CCCC3)c(C)c1. The average molecular weight is 387 g/mol. The zero-order valence-corrected chi connectivity index (χ0v) is 16.9. The summed E-state index contributed by atoms with van der Waals surface area (Å²) < 4.78 is 27.5. The van der Waals surface area contributed by atoms with Gasteiger partial charge in [-0.15, -0.1) is 0 Å². The van der Waals surface area contributed by atoms with Crippen LogP contribution in [-0.4, -0.2) is 20.9 Å². The average Bonchev–Trinajstić information content (AvgIpc) is 2.62. The summed E-state index contributed by atoms with van der Waals surface area (Å²) in [5.41, 5.74) is 6.09. The maximum atomic E-state index is 12.6. The van der Waals surface area contributed by atoms with Crippen LogP contribution < -0.4 is 10.0 Å². The van der Waals surface area contributed by atoms with E-state index in [2.05, 4.69) is 10.0 Å². The molecule has 0 saturated carbocycles. The molecule has 2 N–H and O–H groups in total. The monoisotopic (exact) mass is 386 g/mol. The van der Waals surface area contributed by atoms with E-state index in [9.17, 15) is 13.2 Å². The third kappa shape index (κ3) is 4.57. The van der Waals surface area contributed by atoms with E-state index in [0.29, 0.717) is 0 Å².